The van der Waals surface area contributed by atoms with Crippen LogP contribution in [0.5, 0.6) is 0 Å². The van der Waals surface area contributed by atoms with Crippen LogP contribution in [0.1, 0.15) is 18.5 Å². The SMILES string of the molecule is C[C@@H](NP(c1ccccc1)c1ccccc1)[c-]1cccc1P(c1ccccc1)c1ccccc1.[Fe].[cH-]1[cH-][cH-][cH-][cH-]1. The smallest absolute Gasteiger partial charge is 0.0249 e. The van der Waals surface area contributed by atoms with Crippen molar-refractivity contribution in [2.45, 2.75) is 13.0 Å². The minimum absolute atomic E-state index is 0. The van der Waals surface area contributed by atoms with Gasteiger partial charge in [0.25, 0.3) is 0 Å². The molecule has 4 heteroatoms. The van der Waals surface area contributed by atoms with Crippen molar-refractivity contribution in [3.05, 3.63) is 175 Å². The molecule has 0 unspecified atom stereocenters. The van der Waals surface area contributed by atoms with Crippen molar-refractivity contribution in [1.29, 1.82) is 0 Å². The fourth-order valence-electron chi connectivity index (χ4n) is 4.61. The third kappa shape index (κ3) is 7.77. The fraction of sp³-hybridized carbons (Fsp3) is 0.0556. The molecule has 1 atom stereocenters. The van der Waals surface area contributed by atoms with Crippen LogP contribution in [0.4, 0.5) is 0 Å². The van der Waals surface area contributed by atoms with Crippen molar-refractivity contribution >= 4 is 42.5 Å². The normalized spacial score (nSPS) is 11.4. The van der Waals surface area contributed by atoms with Crippen molar-refractivity contribution < 1.29 is 17.1 Å². The molecule has 6 aromatic rings. The van der Waals surface area contributed by atoms with E-state index in [0.717, 1.165) is 0 Å². The molecular formula is C36H33FeNP2-6. The number of rotatable bonds is 8. The number of hydrogen-bond donors (Lipinski definition) is 1. The molecule has 0 saturated carbocycles. The minimum atomic E-state index is -0.678. The van der Waals surface area contributed by atoms with E-state index < -0.39 is 16.0 Å². The predicted molar refractivity (Wildman–Crippen MR) is 173 cm³/mol. The Hall–Kier alpha value is -3.08. The van der Waals surface area contributed by atoms with Gasteiger partial charge in [-0.05, 0) is 35.2 Å². The Morgan fingerprint density at radius 1 is 0.525 bits per heavy atom. The average molecular weight is 597 g/mol. The average Bonchev–Trinajstić information content (AvgIpc) is 3.75. The summed E-state index contributed by atoms with van der Waals surface area (Å²) >= 11 is 0. The summed E-state index contributed by atoms with van der Waals surface area (Å²) in [5.74, 6) is 0. The maximum absolute atomic E-state index is 4.03. The summed E-state index contributed by atoms with van der Waals surface area (Å²) in [7, 11) is -1.31. The van der Waals surface area contributed by atoms with Gasteiger partial charge in [0.15, 0.2) is 0 Å². The molecule has 0 aliphatic heterocycles. The summed E-state index contributed by atoms with van der Waals surface area (Å²) in [5, 5.41) is 10.9. The van der Waals surface area contributed by atoms with E-state index in [9.17, 15) is 0 Å². The van der Waals surface area contributed by atoms with Crippen LogP contribution < -0.4 is 31.6 Å². The van der Waals surface area contributed by atoms with Gasteiger partial charge < -0.3 is 30.3 Å². The second-order valence-electron chi connectivity index (χ2n) is 9.19. The van der Waals surface area contributed by atoms with Gasteiger partial charge in [-0.2, -0.15) is 6.07 Å². The minimum Gasteiger partial charge on any atom is -0.748 e. The van der Waals surface area contributed by atoms with Crippen LogP contribution in [0.25, 0.3) is 0 Å². The van der Waals surface area contributed by atoms with Gasteiger partial charge in [-0.25, -0.2) is 12.1 Å². The molecule has 40 heavy (non-hydrogen) atoms. The summed E-state index contributed by atoms with van der Waals surface area (Å²) < 4.78 is 0. The summed E-state index contributed by atoms with van der Waals surface area (Å²) in [6, 6.07) is 60.7. The summed E-state index contributed by atoms with van der Waals surface area (Å²) in [4.78, 5) is 0. The van der Waals surface area contributed by atoms with Crippen LogP contribution in [0.3, 0.4) is 0 Å². The summed E-state index contributed by atoms with van der Waals surface area (Å²) in [6.45, 7) is 2.31. The first-order valence-corrected chi connectivity index (χ1v) is 16.0. The van der Waals surface area contributed by atoms with Crippen molar-refractivity contribution in [2.24, 2.45) is 0 Å². The van der Waals surface area contributed by atoms with Crippen molar-refractivity contribution in [3.8, 4) is 0 Å². The molecule has 0 radical (unpaired) electrons. The van der Waals surface area contributed by atoms with Gasteiger partial charge in [0.2, 0.25) is 0 Å². The molecule has 0 amide bonds. The van der Waals surface area contributed by atoms with Gasteiger partial charge in [-0.1, -0.05) is 128 Å². The Balaban J connectivity index is 0.000000557. The van der Waals surface area contributed by atoms with Crippen LogP contribution in [-0.2, 0) is 17.1 Å². The van der Waals surface area contributed by atoms with E-state index in [1.165, 1.54) is 32.1 Å². The zero-order valence-corrected chi connectivity index (χ0v) is 25.4. The maximum Gasteiger partial charge on any atom is 0.0249 e. The van der Waals surface area contributed by atoms with E-state index >= 15 is 0 Å². The summed E-state index contributed by atoms with van der Waals surface area (Å²) in [6.07, 6.45) is 0. The zero-order chi connectivity index (χ0) is 26.7. The van der Waals surface area contributed by atoms with E-state index in [0.29, 0.717) is 0 Å². The van der Waals surface area contributed by atoms with Gasteiger partial charge in [0.1, 0.15) is 0 Å². The zero-order valence-electron chi connectivity index (χ0n) is 22.5. The van der Waals surface area contributed by atoms with Crippen LogP contribution in [0.15, 0.2) is 170 Å². The van der Waals surface area contributed by atoms with E-state index in [1.54, 1.807) is 0 Å². The standard InChI is InChI=1S/C31H28NP2.C5H5.Fe/c1-25(32-34(28-19-10-4-11-20-28)29-21-12-5-13-22-29)30-23-14-24-31(30)33(26-15-6-2-7-16-26)27-17-8-3-9-18-27;1-2-4-5-3-1;/h2-25,32H,1H3;1-5H;/q-1;-5;/t25-;;/m1../s1. The van der Waals surface area contributed by atoms with Crippen LogP contribution in [-0.4, -0.2) is 0 Å². The molecule has 0 bridgehead atoms. The fourth-order valence-corrected chi connectivity index (χ4v) is 9.23. The first-order valence-electron chi connectivity index (χ1n) is 13.3. The van der Waals surface area contributed by atoms with Crippen LogP contribution in [0, 0.1) is 0 Å². The van der Waals surface area contributed by atoms with Gasteiger partial charge in [-0.15, -0.1) is 10.9 Å². The number of benzene rings is 4. The first-order chi connectivity index (χ1) is 19.3. The molecule has 0 fully saturated rings. The number of nitrogens with one attached hydrogen (secondary N) is 1. The molecule has 0 spiro atoms. The van der Waals surface area contributed by atoms with Crippen LogP contribution >= 0.6 is 16.0 Å². The third-order valence-electron chi connectivity index (χ3n) is 6.47. The Labute approximate surface area is 252 Å². The van der Waals surface area contributed by atoms with Gasteiger partial charge >= 0.3 is 0 Å². The molecule has 1 nitrogen and oxygen atoms in total. The second-order valence-corrected chi connectivity index (χ2v) is 13.3. The second kappa shape index (κ2) is 15.6. The van der Waals surface area contributed by atoms with E-state index in [2.05, 4.69) is 152 Å². The van der Waals surface area contributed by atoms with E-state index in [4.69, 9.17) is 0 Å². The molecule has 206 valence electrons. The van der Waals surface area contributed by atoms with Gasteiger partial charge in [0.05, 0.1) is 0 Å². The van der Waals surface area contributed by atoms with E-state index in [1.807, 2.05) is 30.3 Å². The van der Waals surface area contributed by atoms with E-state index in [-0.39, 0.29) is 23.1 Å². The monoisotopic (exact) mass is 597 g/mol. The van der Waals surface area contributed by atoms with Crippen molar-refractivity contribution in [3.63, 3.8) is 0 Å². The maximum atomic E-state index is 4.03. The Morgan fingerprint density at radius 3 is 1.30 bits per heavy atom. The molecule has 0 aromatic heterocycles. The van der Waals surface area contributed by atoms with Crippen molar-refractivity contribution in [1.82, 2.24) is 5.09 Å². The summed E-state index contributed by atoms with van der Waals surface area (Å²) in [5.41, 5.74) is 1.39. The largest absolute Gasteiger partial charge is 0.748 e. The Bertz CT molecular complexity index is 1390. The first kappa shape index (κ1) is 29.9. The molecular weight excluding hydrogens is 564 g/mol. The molecule has 0 aliphatic rings. The Morgan fingerprint density at radius 2 is 0.900 bits per heavy atom. The molecule has 6 rings (SSSR count). The van der Waals surface area contributed by atoms with Crippen LogP contribution in [0.2, 0.25) is 0 Å². The molecule has 0 heterocycles. The Kier molecular flexibility index (Phi) is 11.7. The third-order valence-corrected chi connectivity index (χ3v) is 11.3. The predicted octanol–water partition coefficient (Wildman–Crippen LogP) is 7.27. The van der Waals surface area contributed by atoms with Crippen molar-refractivity contribution in [2.75, 3.05) is 0 Å². The topological polar surface area (TPSA) is 12.0 Å². The quantitative estimate of drug-likeness (QED) is 0.111. The molecule has 1 N–H and O–H groups in total. The molecule has 0 aliphatic carbocycles. The molecule has 0 saturated heterocycles. The number of hydrogen-bond acceptors (Lipinski definition) is 1. The molecule has 6 aromatic carbocycles. The van der Waals surface area contributed by atoms with Gasteiger partial charge in [0, 0.05) is 25.1 Å². The van der Waals surface area contributed by atoms with Gasteiger partial charge in [-0.3, -0.25) is 5.09 Å².